The van der Waals surface area contributed by atoms with Crippen molar-refractivity contribution in [2.24, 2.45) is 0 Å². The standard InChI is InChI=1S/C22H22ClN5O5S/c1-12(11-29)32-16-6-14(19(30)26-22-25-13(2)27-34-22)7-17(9-16)33-20-18(23)8-15(10-24-20)21(31)28-4-3-5-28/h6-10,12,29H,3-5,11H2,1-2H3,(H,25,26,27,30)/t12-/m0/s1. The molecular formula is C22H22ClN5O5S. The van der Waals surface area contributed by atoms with E-state index in [-0.39, 0.29) is 34.7 Å². The molecule has 0 unspecified atom stereocenters. The SMILES string of the molecule is Cc1nsc(NC(=O)c2cc(Oc3ncc(C(=O)N4CCC4)cc3Cl)cc(O[C@@H](C)CO)c2)n1. The smallest absolute Gasteiger partial charge is 0.257 e. The Bertz CT molecular complexity index is 1220. The maximum Gasteiger partial charge on any atom is 0.257 e. The molecule has 0 radical (unpaired) electrons. The molecule has 2 N–H and O–H groups in total. The molecule has 34 heavy (non-hydrogen) atoms. The van der Waals surface area contributed by atoms with Crippen molar-refractivity contribution in [3.05, 3.63) is 52.4 Å². The minimum absolute atomic E-state index is 0.0697. The number of carbonyl (C=O) groups is 2. The summed E-state index contributed by atoms with van der Waals surface area (Å²) in [5.74, 6) is 0.579. The molecule has 0 saturated carbocycles. The predicted octanol–water partition coefficient (Wildman–Crippen LogP) is 3.55. The summed E-state index contributed by atoms with van der Waals surface area (Å²) in [4.78, 5) is 35.2. The van der Waals surface area contributed by atoms with Gasteiger partial charge in [-0.1, -0.05) is 11.6 Å². The number of aliphatic hydroxyl groups excluding tert-OH is 1. The van der Waals surface area contributed by atoms with E-state index < -0.39 is 12.0 Å². The maximum absolute atomic E-state index is 12.8. The molecule has 0 bridgehead atoms. The quantitative estimate of drug-likeness (QED) is 0.478. The van der Waals surface area contributed by atoms with E-state index in [0.717, 1.165) is 31.0 Å². The Labute approximate surface area is 204 Å². The average Bonchev–Trinajstić information content (AvgIpc) is 3.18. The van der Waals surface area contributed by atoms with E-state index in [0.29, 0.717) is 22.3 Å². The minimum atomic E-state index is -0.509. The Morgan fingerprint density at radius 2 is 2.00 bits per heavy atom. The Hall–Kier alpha value is -3.28. The van der Waals surface area contributed by atoms with Gasteiger partial charge in [0.25, 0.3) is 11.8 Å². The molecule has 1 atom stereocenters. The number of rotatable bonds is 8. The number of ether oxygens (including phenoxy) is 2. The summed E-state index contributed by atoms with van der Waals surface area (Å²) >= 11 is 7.40. The van der Waals surface area contributed by atoms with Gasteiger partial charge < -0.3 is 19.5 Å². The molecule has 178 valence electrons. The van der Waals surface area contributed by atoms with E-state index in [4.69, 9.17) is 21.1 Å². The molecular weight excluding hydrogens is 482 g/mol. The van der Waals surface area contributed by atoms with Gasteiger partial charge in [0.05, 0.1) is 12.2 Å². The van der Waals surface area contributed by atoms with Gasteiger partial charge in [-0.05, 0) is 38.5 Å². The van der Waals surface area contributed by atoms with Crippen LogP contribution in [0.25, 0.3) is 0 Å². The van der Waals surface area contributed by atoms with E-state index in [1.54, 1.807) is 24.8 Å². The number of aromatic nitrogens is 3. The van der Waals surface area contributed by atoms with E-state index in [2.05, 4.69) is 19.7 Å². The van der Waals surface area contributed by atoms with Crippen LogP contribution in [0, 0.1) is 6.92 Å². The second-order valence-electron chi connectivity index (χ2n) is 7.66. The number of aliphatic hydroxyl groups is 1. The number of hydrogen-bond acceptors (Lipinski definition) is 9. The van der Waals surface area contributed by atoms with Crippen molar-refractivity contribution in [1.29, 1.82) is 0 Å². The number of halogens is 1. The van der Waals surface area contributed by atoms with Gasteiger partial charge in [-0.3, -0.25) is 14.9 Å². The highest BCUT2D eigenvalue weighted by molar-refractivity contribution is 7.09. The third-order valence-electron chi connectivity index (χ3n) is 4.90. The highest BCUT2D eigenvalue weighted by atomic mass is 35.5. The summed E-state index contributed by atoms with van der Waals surface area (Å²) < 4.78 is 15.5. The molecule has 2 aromatic heterocycles. The summed E-state index contributed by atoms with van der Waals surface area (Å²) in [7, 11) is 0. The van der Waals surface area contributed by atoms with Crippen molar-refractivity contribution in [3.63, 3.8) is 0 Å². The number of aryl methyl sites for hydroxylation is 1. The summed E-state index contributed by atoms with van der Waals surface area (Å²) in [5, 5.41) is 12.5. The topological polar surface area (TPSA) is 127 Å². The number of hydrogen-bond donors (Lipinski definition) is 2. The van der Waals surface area contributed by atoms with Crippen LogP contribution in [0.3, 0.4) is 0 Å². The van der Waals surface area contributed by atoms with Crippen LogP contribution in [0.2, 0.25) is 5.02 Å². The number of amides is 2. The van der Waals surface area contributed by atoms with Crippen LogP contribution >= 0.6 is 23.1 Å². The molecule has 1 saturated heterocycles. The van der Waals surface area contributed by atoms with Crippen molar-refractivity contribution >= 4 is 40.1 Å². The lowest BCUT2D eigenvalue weighted by Gasteiger charge is -2.30. The van der Waals surface area contributed by atoms with Crippen LogP contribution in [0.5, 0.6) is 17.4 Å². The first-order chi connectivity index (χ1) is 16.3. The molecule has 12 heteroatoms. The van der Waals surface area contributed by atoms with Gasteiger partial charge in [-0.2, -0.15) is 4.37 Å². The number of benzene rings is 1. The molecule has 3 heterocycles. The molecule has 1 aromatic carbocycles. The molecule has 4 rings (SSSR count). The van der Waals surface area contributed by atoms with Crippen molar-refractivity contribution in [2.75, 3.05) is 25.0 Å². The predicted molar refractivity (Wildman–Crippen MR) is 126 cm³/mol. The van der Waals surface area contributed by atoms with E-state index in [9.17, 15) is 14.7 Å². The second-order valence-corrected chi connectivity index (χ2v) is 8.82. The molecule has 0 aliphatic carbocycles. The van der Waals surface area contributed by atoms with Gasteiger partial charge in [0.1, 0.15) is 28.5 Å². The number of pyridine rings is 1. The Morgan fingerprint density at radius 1 is 1.24 bits per heavy atom. The fraction of sp³-hybridized carbons (Fsp3) is 0.318. The lowest BCUT2D eigenvalue weighted by atomic mass is 10.1. The molecule has 10 nitrogen and oxygen atoms in total. The maximum atomic E-state index is 12.8. The summed E-state index contributed by atoms with van der Waals surface area (Å²) in [6.07, 6.45) is 1.88. The molecule has 1 aliphatic heterocycles. The zero-order valence-corrected chi connectivity index (χ0v) is 20.0. The van der Waals surface area contributed by atoms with Crippen LogP contribution in [0.4, 0.5) is 5.13 Å². The van der Waals surface area contributed by atoms with Gasteiger partial charge in [-0.25, -0.2) is 9.97 Å². The van der Waals surface area contributed by atoms with Crippen molar-refractivity contribution in [3.8, 4) is 17.4 Å². The Morgan fingerprint density at radius 3 is 2.62 bits per heavy atom. The fourth-order valence-electron chi connectivity index (χ4n) is 3.05. The minimum Gasteiger partial charge on any atom is -0.488 e. The van der Waals surface area contributed by atoms with Gasteiger partial charge in [0.2, 0.25) is 11.0 Å². The van der Waals surface area contributed by atoms with Crippen molar-refractivity contribution in [1.82, 2.24) is 19.2 Å². The highest BCUT2D eigenvalue weighted by Crippen LogP contribution is 2.32. The first kappa shape index (κ1) is 23.9. The second kappa shape index (κ2) is 10.3. The molecule has 1 fully saturated rings. The van der Waals surface area contributed by atoms with Crippen LogP contribution in [0.1, 0.15) is 39.9 Å². The largest absolute Gasteiger partial charge is 0.488 e. The number of nitrogens with zero attached hydrogens (tertiary/aromatic N) is 4. The summed E-state index contributed by atoms with van der Waals surface area (Å²) in [6, 6.07) is 6.07. The average molecular weight is 504 g/mol. The normalized spacial score (nSPS) is 13.7. The Balaban J connectivity index is 1.58. The third kappa shape index (κ3) is 5.61. The van der Waals surface area contributed by atoms with Gasteiger partial charge in [-0.15, -0.1) is 0 Å². The summed E-state index contributed by atoms with van der Waals surface area (Å²) in [6.45, 7) is 4.63. The van der Waals surface area contributed by atoms with Crippen LogP contribution in [-0.4, -0.2) is 62.0 Å². The fourth-order valence-corrected chi connectivity index (χ4v) is 3.82. The first-order valence-corrected chi connectivity index (χ1v) is 11.6. The number of nitrogens with one attached hydrogen (secondary N) is 1. The number of likely N-dealkylation sites (tertiary alicyclic amines) is 1. The Kier molecular flexibility index (Phi) is 7.25. The molecule has 3 aromatic rings. The lowest BCUT2D eigenvalue weighted by Crippen LogP contribution is -2.42. The van der Waals surface area contributed by atoms with Crippen molar-refractivity contribution in [2.45, 2.75) is 26.4 Å². The van der Waals surface area contributed by atoms with Crippen LogP contribution in [0.15, 0.2) is 30.5 Å². The summed E-state index contributed by atoms with van der Waals surface area (Å²) in [5.41, 5.74) is 0.601. The van der Waals surface area contributed by atoms with E-state index in [1.165, 1.54) is 24.4 Å². The van der Waals surface area contributed by atoms with Gasteiger partial charge >= 0.3 is 0 Å². The third-order valence-corrected chi connectivity index (χ3v) is 5.89. The molecule has 0 spiro atoms. The molecule has 1 aliphatic rings. The highest BCUT2D eigenvalue weighted by Gasteiger charge is 2.23. The van der Waals surface area contributed by atoms with Gasteiger partial charge in [0.15, 0.2) is 0 Å². The number of anilines is 1. The van der Waals surface area contributed by atoms with Crippen LogP contribution < -0.4 is 14.8 Å². The zero-order chi connectivity index (χ0) is 24.2. The lowest BCUT2D eigenvalue weighted by molar-refractivity contribution is 0.0651. The van der Waals surface area contributed by atoms with E-state index in [1.807, 2.05) is 0 Å². The zero-order valence-electron chi connectivity index (χ0n) is 18.4. The number of carbonyl (C=O) groups excluding carboxylic acids is 2. The van der Waals surface area contributed by atoms with Crippen molar-refractivity contribution < 1.29 is 24.2 Å². The first-order valence-electron chi connectivity index (χ1n) is 10.5. The van der Waals surface area contributed by atoms with E-state index >= 15 is 0 Å². The monoisotopic (exact) mass is 503 g/mol. The van der Waals surface area contributed by atoms with Gasteiger partial charge in [0, 0.05) is 42.4 Å². The van der Waals surface area contributed by atoms with Crippen LogP contribution in [-0.2, 0) is 0 Å². The molecule has 2 amide bonds.